The van der Waals surface area contributed by atoms with Crippen LogP contribution in [0.4, 0.5) is 0 Å². The number of aliphatic imine (C=N–C) groups is 1. The molecule has 0 saturated carbocycles. The number of benzene rings is 1. The number of nitrogens with zero attached hydrogens (tertiary/aromatic N) is 2. The Morgan fingerprint density at radius 1 is 1.18 bits per heavy atom. The van der Waals surface area contributed by atoms with Gasteiger partial charge >= 0.3 is 0 Å². The van der Waals surface area contributed by atoms with Gasteiger partial charge in [-0.15, -0.1) is 24.0 Å². The van der Waals surface area contributed by atoms with Crippen LogP contribution in [0.15, 0.2) is 29.3 Å². The summed E-state index contributed by atoms with van der Waals surface area (Å²) >= 11 is 0. The molecule has 5 nitrogen and oxygen atoms in total. The van der Waals surface area contributed by atoms with E-state index >= 15 is 0 Å². The summed E-state index contributed by atoms with van der Waals surface area (Å²) in [6.07, 6.45) is 2.33. The number of rotatable bonds is 8. The maximum absolute atomic E-state index is 5.96. The standard InChI is InChI=1S/C22H38N4O.HI/c1-6-23-22(25-20-11-13-26(14-12-20)18(4)5)24-15-19-9-7-8-10-21(19)27-16-17(2)3;/h7-10,17-18,20H,6,11-16H2,1-5H3,(H2,23,24,25);1H. The second-order valence-corrected chi connectivity index (χ2v) is 8.06. The maximum Gasteiger partial charge on any atom is 0.191 e. The molecular weight excluding hydrogens is 463 g/mol. The van der Waals surface area contributed by atoms with E-state index in [1.807, 2.05) is 12.1 Å². The van der Waals surface area contributed by atoms with Crippen LogP contribution < -0.4 is 15.4 Å². The molecule has 2 rings (SSSR count). The van der Waals surface area contributed by atoms with Crippen molar-refractivity contribution in [3.63, 3.8) is 0 Å². The zero-order valence-corrected chi connectivity index (χ0v) is 20.5. The van der Waals surface area contributed by atoms with Gasteiger partial charge in [-0.3, -0.25) is 0 Å². The van der Waals surface area contributed by atoms with Gasteiger partial charge in [-0.1, -0.05) is 32.0 Å². The van der Waals surface area contributed by atoms with Crippen LogP contribution in [0, 0.1) is 5.92 Å². The minimum Gasteiger partial charge on any atom is -0.493 e. The summed E-state index contributed by atoms with van der Waals surface area (Å²) in [5.74, 6) is 2.35. The number of para-hydroxylation sites is 1. The fourth-order valence-corrected chi connectivity index (χ4v) is 3.27. The van der Waals surface area contributed by atoms with Gasteiger partial charge in [0, 0.05) is 37.3 Å². The third-order valence-electron chi connectivity index (χ3n) is 4.90. The first-order valence-electron chi connectivity index (χ1n) is 10.5. The van der Waals surface area contributed by atoms with Crippen LogP contribution in [0.1, 0.15) is 53.0 Å². The average Bonchev–Trinajstić information content (AvgIpc) is 2.65. The molecule has 0 bridgehead atoms. The van der Waals surface area contributed by atoms with E-state index in [0.29, 0.717) is 24.5 Å². The maximum atomic E-state index is 5.96. The summed E-state index contributed by atoms with van der Waals surface area (Å²) in [4.78, 5) is 7.37. The molecule has 0 amide bonds. The van der Waals surface area contributed by atoms with Crippen molar-refractivity contribution < 1.29 is 4.74 Å². The number of ether oxygens (including phenoxy) is 1. The lowest BCUT2D eigenvalue weighted by Gasteiger charge is -2.35. The molecule has 0 aliphatic carbocycles. The van der Waals surface area contributed by atoms with Gasteiger partial charge in [-0.05, 0) is 45.6 Å². The molecule has 0 unspecified atom stereocenters. The number of likely N-dealkylation sites (tertiary alicyclic amines) is 1. The van der Waals surface area contributed by atoms with Gasteiger partial charge in [0.1, 0.15) is 5.75 Å². The van der Waals surface area contributed by atoms with Gasteiger partial charge in [0.25, 0.3) is 0 Å². The van der Waals surface area contributed by atoms with Crippen molar-refractivity contribution in [2.45, 2.75) is 66.1 Å². The summed E-state index contributed by atoms with van der Waals surface area (Å²) in [7, 11) is 0. The van der Waals surface area contributed by atoms with E-state index in [-0.39, 0.29) is 24.0 Å². The van der Waals surface area contributed by atoms with Gasteiger partial charge in [0.05, 0.1) is 13.2 Å². The van der Waals surface area contributed by atoms with Crippen LogP contribution in [0.2, 0.25) is 0 Å². The van der Waals surface area contributed by atoms with E-state index in [4.69, 9.17) is 9.73 Å². The largest absolute Gasteiger partial charge is 0.493 e. The van der Waals surface area contributed by atoms with Gasteiger partial charge in [0.15, 0.2) is 5.96 Å². The Balaban J connectivity index is 0.00000392. The molecule has 1 saturated heterocycles. The zero-order chi connectivity index (χ0) is 19.6. The van der Waals surface area contributed by atoms with E-state index in [1.54, 1.807) is 0 Å². The highest BCUT2D eigenvalue weighted by Gasteiger charge is 2.21. The van der Waals surface area contributed by atoms with Gasteiger partial charge in [-0.2, -0.15) is 0 Å². The average molecular weight is 502 g/mol. The molecule has 0 spiro atoms. The molecule has 1 aromatic carbocycles. The predicted octanol–water partition coefficient (Wildman–Crippen LogP) is 4.27. The van der Waals surface area contributed by atoms with Crippen LogP contribution in [-0.4, -0.2) is 49.2 Å². The lowest BCUT2D eigenvalue weighted by molar-refractivity contribution is 0.167. The van der Waals surface area contributed by atoms with Crippen molar-refractivity contribution in [3.05, 3.63) is 29.8 Å². The number of halogens is 1. The highest BCUT2D eigenvalue weighted by Crippen LogP contribution is 2.20. The predicted molar refractivity (Wildman–Crippen MR) is 130 cm³/mol. The highest BCUT2D eigenvalue weighted by atomic mass is 127. The molecule has 0 atom stereocenters. The lowest BCUT2D eigenvalue weighted by atomic mass is 10.0. The van der Waals surface area contributed by atoms with Crippen LogP contribution in [0.25, 0.3) is 0 Å². The van der Waals surface area contributed by atoms with Crippen LogP contribution in [0.3, 0.4) is 0 Å². The Morgan fingerprint density at radius 2 is 1.86 bits per heavy atom. The topological polar surface area (TPSA) is 48.9 Å². The van der Waals surface area contributed by atoms with E-state index < -0.39 is 0 Å². The monoisotopic (exact) mass is 502 g/mol. The van der Waals surface area contributed by atoms with E-state index in [0.717, 1.165) is 56.4 Å². The van der Waals surface area contributed by atoms with Crippen molar-refractivity contribution in [2.75, 3.05) is 26.2 Å². The Hall–Kier alpha value is -1.02. The molecule has 0 radical (unpaired) electrons. The van der Waals surface area contributed by atoms with Crippen LogP contribution in [-0.2, 0) is 6.54 Å². The third-order valence-corrected chi connectivity index (χ3v) is 4.90. The molecule has 1 aromatic rings. The van der Waals surface area contributed by atoms with Crippen LogP contribution in [0.5, 0.6) is 5.75 Å². The van der Waals surface area contributed by atoms with E-state index in [9.17, 15) is 0 Å². The van der Waals surface area contributed by atoms with E-state index in [2.05, 4.69) is 62.3 Å². The number of nitrogens with one attached hydrogen (secondary N) is 2. The second-order valence-electron chi connectivity index (χ2n) is 8.06. The number of hydrogen-bond acceptors (Lipinski definition) is 3. The zero-order valence-electron chi connectivity index (χ0n) is 18.2. The molecule has 6 heteroatoms. The quantitative estimate of drug-likeness (QED) is 0.317. The van der Waals surface area contributed by atoms with Crippen molar-refractivity contribution in [1.29, 1.82) is 0 Å². The summed E-state index contributed by atoms with van der Waals surface area (Å²) in [6, 6.07) is 9.34. The third kappa shape index (κ3) is 8.55. The van der Waals surface area contributed by atoms with E-state index in [1.165, 1.54) is 0 Å². The highest BCUT2D eigenvalue weighted by molar-refractivity contribution is 14.0. The first-order valence-corrected chi connectivity index (χ1v) is 10.5. The van der Waals surface area contributed by atoms with Crippen LogP contribution >= 0.6 is 24.0 Å². The molecule has 28 heavy (non-hydrogen) atoms. The Kier molecular flexibility index (Phi) is 11.8. The lowest BCUT2D eigenvalue weighted by Crippen LogP contribution is -2.49. The van der Waals surface area contributed by atoms with Gasteiger partial charge < -0.3 is 20.3 Å². The normalized spacial score (nSPS) is 16.2. The SMILES string of the molecule is CCNC(=NCc1ccccc1OCC(C)C)NC1CCN(C(C)C)CC1.I. The number of guanidine groups is 1. The molecule has 1 aliphatic heterocycles. The van der Waals surface area contributed by atoms with Crippen molar-refractivity contribution in [2.24, 2.45) is 10.9 Å². The Bertz CT molecular complexity index is 584. The summed E-state index contributed by atoms with van der Waals surface area (Å²) in [5, 5.41) is 7.02. The summed E-state index contributed by atoms with van der Waals surface area (Å²) < 4.78 is 5.96. The van der Waals surface area contributed by atoms with Crippen molar-refractivity contribution >= 4 is 29.9 Å². The second kappa shape index (κ2) is 13.2. The molecule has 2 N–H and O–H groups in total. The van der Waals surface area contributed by atoms with Crippen molar-refractivity contribution in [1.82, 2.24) is 15.5 Å². The Labute approximate surface area is 188 Å². The molecular formula is C22H39IN4O. The Morgan fingerprint density at radius 3 is 2.46 bits per heavy atom. The van der Waals surface area contributed by atoms with Gasteiger partial charge in [-0.25, -0.2) is 4.99 Å². The molecule has 0 aromatic heterocycles. The van der Waals surface area contributed by atoms with Gasteiger partial charge in [0.2, 0.25) is 0 Å². The number of piperidine rings is 1. The first-order chi connectivity index (χ1) is 13.0. The summed E-state index contributed by atoms with van der Waals surface area (Å²) in [5.41, 5.74) is 1.13. The summed E-state index contributed by atoms with van der Waals surface area (Å²) in [6.45, 7) is 15.5. The minimum atomic E-state index is 0. The fourth-order valence-electron chi connectivity index (χ4n) is 3.27. The first kappa shape index (κ1) is 25.0. The molecule has 1 fully saturated rings. The minimum absolute atomic E-state index is 0. The fraction of sp³-hybridized carbons (Fsp3) is 0.682. The van der Waals surface area contributed by atoms with Crippen molar-refractivity contribution in [3.8, 4) is 5.75 Å². The smallest absolute Gasteiger partial charge is 0.191 e. The number of hydrogen-bond donors (Lipinski definition) is 2. The molecule has 1 heterocycles. The molecule has 1 aliphatic rings. The molecule has 160 valence electrons.